The molecule has 0 aliphatic heterocycles. The molecule has 3 N–H and O–H groups in total. The van der Waals surface area contributed by atoms with Gasteiger partial charge in [0.15, 0.2) is 5.11 Å². The van der Waals surface area contributed by atoms with Crippen molar-refractivity contribution in [2.24, 2.45) is 0 Å². The summed E-state index contributed by atoms with van der Waals surface area (Å²) in [6, 6.07) is 12.1. The average molecular weight is 488 g/mol. The standard InChI is InChI=1S/C25H30ClN3O3S/c1-3-16(2)32-20-11-7-8-17(14-20)23(30)29-25(33)28-19-12-13-22(26)21(15-19)24(31)27-18-9-5-4-6-10-18/h7-8,11-16,18H,3-6,9-10H2,1-2H3,(H,27,31)(H2,28,29,30,33). The summed E-state index contributed by atoms with van der Waals surface area (Å²) < 4.78 is 5.78. The summed E-state index contributed by atoms with van der Waals surface area (Å²) >= 11 is 11.6. The van der Waals surface area contributed by atoms with E-state index in [9.17, 15) is 9.59 Å². The molecule has 2 aromatic rings. The molecule has 0 spiro atoms. The van der Waals surface area contributed by atoms with Crippen molar-refractivity contribution in [2.45, 2.75) is 64.5 Å². The van der Waals surface area contributed by atoms with E-state index in [1.54, 1.807) is 36.4 Å². The summed E-state index contributed by atoms with van der Waals surface area (Å²) in [5.74, 6) is 0.0668. The highest BCUT2D eigenvalue weighted by Gasteiger charge is 2.19. The largest absolute Gasteiger partial charge is 0.491 e. The third-order valence-corrected chi connectivity index (χ3v) is 6.18. The Morgan fingerprint density at radius 2 is 1.88 bits per heavy atom. The van der Waals surface area contributed by atoms with Crippen LogP contribution in [0.4, 0.5) is 5.69 Å². The van der Waals surface area contributed by atoms with E-state index in [0.717, 1.165) is 32.1 Å². The van der Waals surface area contributed by atoms with Crippen LogP contribution in [-0.2, 0) is 0 Å². The molecule has 1 fully saturated rings. The lowest BCUT2D eigenvalue weighted by atomic mass is 9.95. The van der Waals surface area contributed by atoms with Crippen molar-refractivity contribution < 1.29 is 14.3 Å². The first kappa shape index (κ1) is 25.0. The molecule has 1 saturated carbocycles. The Labute approximate surface area is 205 Å². The van der Waals surface area contributed by atoms with Crippen LogP contribution in [0.2, 0.25) is 5.02 Å². The molecule has 0 heterocycles. The highest BCUT2D eigenvalue weighted by Crippen LogP contribution is 2.23. The first-order valence-electron chi connectivity index (χ1n) is 11.3. The molecule has 176 valence electrons. The SMILES string of the molecule is CCC(C)Oc1cccc(C(=O)NC(=S)Nc2ccc(Cl)c(C(=O)NC3CCCCC3)c2)c1. The number of benzene rings is 2. The molecular formula is C25H30ClN3O3S. The molecule has 6 nitrogen and oxygen atoms in total. The summed E-state index contributed by atoms with van der Waals surface area (Å²) in [5.41, 5.74) is 1.37. The number of nitrogens with one attached hydrogen (secondary N) is 3. The van der Waals surface area contributed by atoms with Crippen LogP contribution < -0.4 is 20.7 Å². The molecule has 1 atom stereocenters. The van der Waals surface area contributed by atoms with Crippen LogP contribution >= 0.6 is 23.8 Å². The van der Waals surface area contributed by atoms with Crippen LogP contribution in [-0.4, -0.2) is 29.1 Å². The number of anilines is 1. The minimum Gasteiger partial charge on any atom is -0.491 e. The van der Waals surface area contributed by atoms with Crippen LogP contribution in [0.1, 0.15) is 73.1 Å². The predicted octanol–water partition coefficient (Wildman–Crippen LogP) is 5.71. The van der Waals surface area contributed by atoms with Gasteiger partial charge < -0.3 is 15.4 Å². The second-order valence-corrected chi connectivity index (χ2v) is 9.09. The molecule has 3 rings (SSSR count). The van der Waals surface area contributed by atoms with Gasteiger partial charge in [-0.15, -0.1) is 0 Å². The fourth-order valence-electron chi connectivity index (χ4n) is 3.65. The van der Waals surface area contributed by atoms with Crippen molar-refractivity contribution in [3.63, 3.8) is 0 Å². The van der Waals surface area contributed by atoms with Gasteiger partial charge in [0.2, 0.25) is 0 Å². The number of carbonyl (C=O) groups excluding carboxylic acids is 2. The Hall–Kier alpha value is -2.64. The van der Waals surface area contributed by atoms with Gasteiger partial charge in [0, 0.05) is 17.3 Å². The molecule has 0 aromatic heterocycles. The molecule has 8 heteroatoms. The van der Waals surface area contributed by atoms with Crippen LogP contribution in [0.25, 0.3) is 0 Å². The number of hydrogen-bond acceptors (Lipinski definition) is 4. The molecule has 2 aromatic carbocycles. The Bertz CT molecular complexity index is 1010. The van der Waals surface area contributed by atoms with Gasteiger partial charge in [0.1, 0.15) is 5.75 Å². The lowest BCUT2D eigenvalue weighted by Crippen LogP contribution is -2.36. The zero-order valence-electron chi connectivity index (χ0n) is 18.9. The number of ether oxygens (including phenoxy) is 1. The number of hydrogen-bond donors (Lipinski definition) is 3. The van der Waals surface area contributed by atoms with E-state index in [4.69, 9.17) is 28.6 Å². The summed E-state index contributed by atoms with van der Waals surface area (Å²) in [6.45, 7) is 4.01. The fraction of sp³-hybridized carbons (Fsp3) is 0.400. The molecule has 1 aliphatic carbocycles. The quantitative estimate of drug-likeness (QED) is 0.436. The molecule has 0 bridgehead atoms. The van der Waals surface area contributed by atoms with Crippen molar-refractivity contribution in [2.75, 3.05) is 5.32 Å². The monoisotopic (exact) mass is 487 g/mol. The van der Waals surface area contributed by atoms with Crippen LogP contribution in [0.5, 0.6) is 5.75 Å². The number of halogens is 1. The maximum absolute atomic E-state index is 12.7. The van der Waals surface area contributed by atoms with Gasteiger partial charge in [-0.2, -0.15) is 0 Å². The lowest BCUT2D eigenvalue weighted by molar-refractivity contribution is 0.0926. The van der Waals surface area contributed by atoms with E-state index in [1.807, 2.05) is 19.9 Å². The van der Waals surface area contributed by atoms with Gasteiger partial charge in [-0.25, -0.2) is 0 Å². The second-order valence-electron chi connectivity index (χ2n) is 8.28. The molecule has 1 unspecified atom stereocenters. The van der Waals surface area contributed by atoms with Gasteiger partial charge in [-0.1, -0.05) is 43.9 Å². The van der Waals surface area contributed by atoms with Crippen molar-refractivity contribution in [3.05, 3.63) is 58.6 Å². The highest BCUT2D eigenvalue weighted by molar-refractivity contribution is 7.80. The zero-order chi connectivity index (χ0) is 23.8. The van der Waals surface area contributed by atoms with Gasteiger partial charge in [-0.05, 0) is 74.8 Å². The Morgan fingerprint density at radius 1 is 1.12 bits per heavy atom. The Kier molecular flexibility index (Phi) is 9.09. The van der Waals surface area contributed by atoms with E-state index < -0.39 is 0 Å². The molecule has 1 aliphatic rings. The topological polar surface area (TPSA) is 79.5 Å². The fourth-order valence-corrected chi connectivity index (χ4v) is 4.06. The maximum Gasteiger partial charge on any atom is 0.257 e. The minimum atomic E-state index is -0.355. The molecule has 33 heavy (non-hydrogen) atoms. The second kappa shape index (κ2) is 12.0. The van der Waals surface area contributed by atoms with Crippen LogP contribution in [0.3, 0.4) is 0 Å². The van der Waals surface area contributed by atoms with Gasteiger partial charge >= 0.3 is 0 Å². The van der Waals surface area contributed by atoms with Gasteiger partial charge in [0.05, 0.1) is 16.7 Å². The van der Waals surface area contributed by atoms with E-state index in [1.165, 1.54) is 6.42 Å². The molecule has 0 radical (unpaired) electrons. The van der Waals surface area contributed by atoms with Crippen LogP contribution in [0, 0.1) is 0 Å². The first-order chi connectivity index (χ1) is 15.9. The predicted molar refractivity (Wildman–Crippen MR) is 136 cm³/mol. The highest BCUT2D eigenvalue weighted by atomic mass is 35.5. The summed E-state index contributed by atoms with van der Waals surface area (Å²) in [7, 11) is 0. The smallest absolute Gasteiger partial charge is 0.257 e. The maximum atomic E-state index is 12.7. The Balaban J connectivity index is 1.61. The first-order valence-corrected chi connectivity index (χ1v) is 12.1. The van der Waals surface area contributed by atoms with E-state index >= 15 is 0 Å². The number of carbonyl (C=O) groups is 2. The lowest BCUT2D eigenvalue weighted by Gasteiger charge is -2.23. The minimum absolute atomic E-state index is 0.0560. The van der Waals surface area contributed by atoms with E-state index in [0.29, 0.717) is 27.6 Å². The van der Waals surface area contributed by atoms with Gasteiger partial charge in [-0.3, -0.25) is 14.9 Å². The number of amides is 2. The van der Waals surface area contributed by atoms with Crippen molar-refractivity contribution in [1.29, 1.82) is 0 Å². The molecule has 0 saturated heterocycles. The van der Waals surface area contributed by atoms with Crippen molar-refractivity contribution in [3.8, 4) is 5.75 Å². The van der Waals surface area contributed by atoms with Crippen molar-refractivity contribution in [1.82, 2.24) is 10.6 Å². The normalized spacial score (nSPS) is 14.8. The zero-order valence-corrected chi connectivity index (χ0v) is 20.5. The van der Waals surface area contributed by atoms with Crippen molar-refractivity contribution >= 4 is 46.4 Å². The van der Waals surface area contributed by atoms with Gasteiger partial charge in [0.25, 0.3) is 11.8 Å². The summed E-state index contributed by atoms with van der Waals surface area (Å²) in [4.78, 5) is 25.4. The molecular weight excluding hydrogens is 458 g/mol. The summed E-state index contributed by atoms with van der Waals surface area (Å²) in [5, 5.41) is 9.16. The van der Waals surface area contributed by atoms with E-state index in [-0.39, 0.29) is 29.1 Å². The number of rotatable bonds is 7. The number of thiocarbonyl (C=S) groups is 1. The Morgan fingerprint density at radius 3 is 2.61 bits per heavy atom. The summed E-state index contributed by atoms with van der Waals surface area (Å²) in [6.07, 6.45) is 6.36. The third-order valence-electron chi connectivity index (χ3n) is 5.64. The third kappa shape index (κ3) is 7.44. The van der Waals surface area contributed by atoms with Crippen LogP contribution in [0.15, 0.2) is 42.5 Å². The molecule has 2 amide bonds. The average Bonchev–Trinajstić information content (AvgIpc) is 2.81. The van der Waals surface area contributed by atoms with E-state index in [2.05, 4.69) is 16.0 Å².